The van der Waals surface area contributed by atoms with Crippen molar-refractivity contribution in [1.29, 1.82) is 5.26 Å². The second-order valence-corrected chi connectivity index (χ2v) is 12.0. The number of nitrogens with zero attached hydrogens (tertiary/aromatic N) is 3. The lowest BCUT2D eigenvalue weighted by atomic mass is 9.91. The molecule has 1 amide bonds. The first-order valence-electron chi connectivity index (χ1n) is 15.5. The lowest BCUT2D eigenvalue weighted by Gasteiger charge is -2.33. The van der Waals surface area contributed by atoms with Gasteiger partial charge in [0, 0.05) is 48.7 Å². The number of aliphatic carboxylic acids is 1. The van der Waals surface area contributed by atoms with E-state index in [1.807, 2.05) is 55.1 Å². The molecule has 1 aromatic heterocycles. The van der Waals surface area contributed by atoms with Crippen molar-refractivity contribution in [3.63, 3.8) is 0 Å². The Labute approximate surface area is 279 Å². The molecule has 0 aliphatic carbocycles. The third kappa shape index (κ3) is 7.74. The van der Waals surface area contributed by atoms with Gasteiger partial charge in [-0.05, 0) is 79.3 Å². The summed E-state index contributed by atoms with van der Waals surface area (Å²) in [5.41, 5.74) is 7.34. The molecular formula is C37H37ClN4O5. The van der Waals surface area contributed by atoms with E-state index < -0.39 is 12.0 Å². The molecule has 1 atom stereocenters. The Hall–Kier alpha value is -4.91. The second-order valence-electron chi connectivity index (χ2n) is 11.6. The Morgan fingerprint density at radius 3 is 2.49 bits per heavy atom. The molecule has 4 aromatic rings. The lowest BCUT2D eigenvalue weighted by Crippen LogP contribution is -2.44. The number of hydrogen-bond donors (Lipinski definition) is 2. The van der Waals surface area contributed by atoms with Gasteiger partial charge in [0.25, 0.3) is 5.91 Å². The van der Waals surface area contributed by atoms with Gasteiger partial charge in [0.2, 0.25) is 0 Å². The molecule has 242 valence electrons. The van der Waals surface area contributed by atoms with E-state index in [1.54, 1.807) is 31.4 Å². The zero-order chi connectivity index (χ0) is 33.5. The maximum Gasteiger partial charge on any atom is 0.320 e. The van der Waals surface area contributed by atoms with E-state index in [-0.39, 0.29) is 19.1 Å². The number of likely N-dealkylation sites (tertiary alicyclic amines) is 1. The van der Waals surface area contributed by atoms with E-state index in [2.05, 4.69) is 16.4 Å². The maximum atomic E-state index is 12.4. The van der Waals surface area contributed by atoms with Crippen molar-refractivity contribution in [3.8, 4) is 28.7 Å². The quantitative estimate of drug-likeness (QED) is 0.180. The van der Waals surface area contributed by atoms with Gasteiger partial charge in [-0.2, -0.15) is 5.26 Å². The molecule has 5 rings (SSSR count). The Morgan fingerprint density at radius 2 is 1.74 bits per heavy atom. The molecule has 2 heterocycles. The first kappa shape index (κ1) is 33.5. The number of benzene rings is 3. The number of amides is 1. The van der Waals surface area contributed by atoms with Crippen LogP contribution in [0, 0.1) is 25.2 Å². The third-order valence-corrected chi connectivity index (χ3v) is 8.93. The molecule has 9 nitrogen and oxygen atoms in total. The molecule has 1 saturated heterocycles. The first-order valence-corrected chi connectivity index (χ1v) is 15.9. The van der Waals surface area contributed by atoms with Crippen molar-refractivity contribution in [2.75, 3.05) is 13.6 Å². The van der Waals surface area contributed by atoms with Gasteiger partial charge in [0.15, 0.2) is 0 Å². The molecule has 1 aliphatic heterocycles. The van der Waals surface area contributed by atoms with E-state index in [1.165, 1.54) is 6.20 Å². The highest BCUT2D eigenvalue weighted by Gasteiger charge is 2.29. The van der Waals surface area contributed by atoms with Crippen LogP contribution in [-0.2, 0) is 24.6 Å². The number of rotatable bonds is 11. The number of carboxylic acid groups (broad SMARTS) is 1. The summed E-state index contributed by atoms with van der Waals surface area (Å²) >= 11 is 6.79. The Bertz CT molecular complexity index is 1840. The van der Waals surface area contributed by atoms with Crippen molar-refractivity contribution >= 4 is 23.5 Å². The van der Waals surface area contributed by atoms with Crippen LogP contribution < -0.4 is 14.8 Å². The lowest BCUT2D eigenvalue weighted by molar-refractivity contribution is -0.144. The fraction of sp³-hybridized carbons (Fsp3) is 0.297. The summed E-state index contributed by atoms with van der Waals surface area (Å²) in [4.78, 5) is 30.5. The van der Waals surface area contributed by atoms with Crippen LogP contribution in [0.25, 0.3) is 11.1 Å². The van der Waals surface area contributed by atoms with Gasteiger partial charge in [-0.15, -0.1) is 0 Å². The van der Waals surface area contributed by atoms with Crippen LogP contribution in [0.5, 0.6) is 11.5 Å². The largest absolute Gasteiger partial charge is 0.488 e. The average molecular weight is 653 g/mol. The molecule has 0 bridgehead atoms. The smallest absolute Gasteiger partial charge is 0.320 e. The number of carbonyl (C=O) groups excluding carboxylic acids is 1. The summed E-state index contributed by atoms with van der Waals surface area (Å²) < 4.78 is 12.6. The number of aromatic nitrogens is 1. The molecular weight excluding hydrogens is 616 g/mol. The summed E-state index contributed by atoms with van der Waals surface area (Å²) in [5, 5.41) is 22.2. The molecule has 1 aliphatic rings. The standard InChI is InChI=1S/C37H37ClN4O5/c1-23-27(8-6-9-29(23)30-10-7-11-31(24(30)2)36(43)40-3)22-47-35-16-34(46-21-26-14-25(17-39)18-41-19-26)28(15-32(35)38)20-42-13-5-4-12-33(42)37(44)45/h6-11,14-16,18-19,33H,4-5,12-13,20-22H2,1-3H3,(H,40,43)(H,44,45)/t33-/m0/s1. The van der Waals surface area contributed by atoms with Crippen molar-refractivity contribution in [3.05, 3.63) is 111 Å². The Morgan fingerprint density at radius 1 is 1.00 bits per heavy atom. The number of piperidine rings is 1. The number of nitriles is 1. The molecule has 3 aromatic carbocycles. The normalized spacial score (nSPS) is 14.7. The number of ether oxygens (including phenoxy) is 2. The van der Waals surface area contributed by atoms with Crippen LogP contribution in [0.2, 0.25) is 5.02 Å². The summed E-state index contributed by atoms with van der Waals surface area (Å²) in [6, 6.07) is 18.4. The minimum Gasteiger partial charge on any atom is -0.488 e. The molecule has 2 N–H and O–H groups in total. The topological polar surface area (TPSA) is 125 Å². The third-order valence-electron chi connectivity index (χ3n) is 8.63. The summed E-state index contributed by atoms with van der Waals surface area (Å²) in [6.07, 6.45) is 5.49. The minimum absolute atomic E-state index is 0.134. The van der Waals surface area contributed by atoms with Crippen molar-refractivity contribution in [1.82, 2.24) is 15.2 Å². The van der Waals surface area contributed by atoms with Crippen LogP contribution in [-0.4, -0.2) is 46.5 Å². The monoisotopic (exact) mass is 652 g/mol. The first-order chi connectivity index (χ1) is 22.7. The van der Waals surface area contributed by atoms with Crippen LogP contribution >= 0.6 is 11.6 Å². The molecule has 0 spiro atoms. The van der Waals surface area contributed by atoms with Crippen molar-refractivity contribution in [2.45, 2.75) is 58.9 Å². The van der Waals surface area contributed by atoms with Gasteiger partial charge < -0.3 is 19.9 Å². The minimum atomic E-state index is -0.842. The predicted molar refractivity (Wildman–Crippen MR) is 179 cm³/mol. The predicted octanol–water partition coefficient (Wildman–Crippen LogP) is 6.85. The number of hydrogen-bond acceptors (Lipinski definition) is 7. The Balaban J connectivity index is 1.43. The summed E-state index contributed by atoms with van der Waals surface area (Å²) in [7, 11) is 1.62. The summed E-state index contributed by atoms with van der Waals surface area (Å²) in [5.74, 6) is -0.0462. The molecule has 0 saturated carbocycles. The molecule has 0 radical (unpaired) electrons. The van der Waals surface area contributed by atoms with Crippen LogP contribution in [0.4, 0.5) is 0 Å². The van der Waals surface area contributed by atoms with Crippen LogP contribution in [0.3, 0.4) is 0 Å². The molecule has 10 heteroatoms. The average Bonchev–Trinajstić information content (AvgIpc) is 3.08. The highest BCUT2D eigenvalue weighted by Crippen LogP contribution is 2.37. The van der Waals surface area contributed by atoms with E-state index in [4.69, 9.17) is 21.1 Å². The van der Waals surface area contributed by atoms with Crippen molar-refractivity contribution < 1.29 is 24.2 Å². The zero-order valence-electron chi connectivity index (χ0n) is 26.7. The molecule has 47 heavy (non-hydrogen) atoms. The van der Waals surface area contributed by atoms with Gasteiger partial charge in [-0.3, -0.25) is 19.5 Å². The van der Waals surface area contributed by atoms with Crippen LogP contribution in [0.1, 0.15) is 63.0 Å². The molecule has 0 unspecified atom stereocenters. The van der Waals surface area contributed by atoms with Gasteiger partial charge in [-0.25, -0.2) is 0 Å². The van der Waals surface area contributed by atoms with Crippen molar-refractivity contribution in [2.24, 2.45) is 0 Å². The summed E-state index contributed by atoms with van der Waals surface area (Å²) in [6.45, 7) is 5.35. The highest BCUT2D eigenvalue weighted by atomic mass is 35.5. The Kier molecular flexibility index (Phi) is 10.8. The maximum absolute atomic E-state index is 12.4. The highest BCUT2D eigenvalue weighted by molar-refractivity contribution is 6.32. The number of carbonyl (C=O) groups is 2. The van der Waals surface area contributed by atoms with Gasteiger partial charge in [-0.1, -0.05) is 48.4 Å². The number of pyridine rings is 1. The number of nitrogens with one attached hydrogen (secondary N) is 1. The number of halogens is 1. The number of carboxylic acids is 1. The van der Waals surface area contributed by atoms with Gasteiger partial charge >= 0.3 is 5.97 Å². The second kappa shape index (κ2) is 15.1. The van der Waals surface area contributed by atoms with Gasteiger partial charge in [0.1, 0.15) is 36.8 Å². The van der Waals surface area contributed by atoms with E-state index >= 15 is 0 Å². The molecule has 1 fully saturated rings. The van der Waals surface area contributed by atoms with E-state index in [0.29, 0.717) is 47.2 Å². The van der Waals surface area contributed by atoms with Gasteiger partial charge in [0.05, 0.1) is 10.6 Å². The fourth-order valence-electron chi connectivity index (χ4n) is 6.01. The van der Waals surface area contributed by atoms with Crippen LogP contribution in [0.15, 0.2) is 67.0 Å². The SMILES string of the molecule is CNC(=O)c1cccc(-c2cccc(COc3cc(OCc4cncc(C#N)c4)c(CN4CCCC[C@H]4C(=O)O)cc3Cl)c2C)c1C. The zero-order valence-corrected chi connectivity index (χ0v) is 27.4. The fourth-order valence-corrected chi connectivity index (χ4v) is 6.25. The van der Waals surface area contributed by atoms with E-state index in [9.17, 15) is 20.0 Å². The van der Waals surface area contributed by atoms with E-state index in [0.717, 1.165) is 51.8 Å².